The van der Waals surface area contributed by atoms with Gasteiger partial charge >= 0.3 is 0 Å². The van der Waals surface area contributed by atoms with Crippen molar-refractivity contribution in [2.24, 2.45) is 5.84 Å². The van der Waals surface area contributed by atoms with E-state index in [9.17, 15) is 4.79 Å². The molecule has 0 spiro atoms. The Balaban J connectivity index is 1.84. The lowest BCUT2D eigenvalue weighted by molar-refractivity contribution is 0.0949. The monoisotopic (exact) mass is 257 g/mol. The molecule has 0 aliphatic carbocycles. The van der Waals surface area contributed by atoms with Crippen LogP contribution in [0.25, 0.3) is 0 Å². The van der Waals surface area contributed by atoms with E-state index in [1.54, 1.807) is 24.5 Å². The summed E-state index contributed by atoms with van der Waals surface area (Å²) in [6.07, 6.45) is 5.74. The molecule has 98 valence electrons. The van der Waals surface area contributed by atoms with E-state index < -0.39 is 0 Å². The molecule has 2 rings (SSSR count). The van der Waals surface area contributed by atoms with Crippen LogP contribution >= 0.6 is 0 Å². The molecule has 0 atom stereocenters. The Labute approximate surface area is 111 Å². The van der Waals surface area contributed by atoms with Gasteiger partial charge < -0.3 is 10.7 Å². The molecule has 0 saturated heterocycles. The van der Waals surface area contributed by atoms with Crippen LogP contribution in [0.1, 0.15) is 16.1 Å². The Kier molecular flexibility index (Phi) is 4.41. The van der Waals surface area contributed by atoms with Gasteiger partial charge in [0.1, 0.15) is 5.69 Å². The number of hydrogen-bond acceptors (Lipinski definition) is 5. The number of amides is 1. The first kappa shape index (κ1) is 13.0. The minimum atomic E-state index is -0.197. The van der Waals surface area contributed by atoms with Crippen LogP contribution in [0.3, 0.4) is 0 Å². The predicted molar refractivity (Wildman–Crippen MR) is 72.3 cm³/mol. The Bertz CT molecular complexity index is 526. The molecule has 2 heterocycles. The number of pyridine rings is 2. The van der Waals surface area contributed by atoms with Crippen molar-refractivity contribution in [2.45, 2.75) is 6.42 Å². The van der Waals surface area contributed by atoms with Gasteiger partial charge in [0.05, 0.1) is 11.9 Å². The maximum atomic E-state index is 11.8. The second-order valence-corrected chi connectivity index (χ2v) is 3.94. The summed E-state index contributed by atoms with van der Waals surface area (Å²) in [4.78, 5) is 19.7. The van der Waals surface area contributed by atoms with Crippen molar-refractivity contribution in [1.82, 2.24) is 15.3 Å². The molecule has 6 heteroatoms. The van der Waals surface area contributed by atoms with Gasteiger partial charge in [-0.25, -0.2) is 4.98 Å². The molecular weight excluding hydrogens is 242 g/mol. The van der Waals surface area contributed by atoms with E-state index in [-0.39, 0.29) is 5.91 Å². The fraction of sp³-hybridized carbons (Fsp3) is 0.154. The molecule has 0 bridgehead atoms. The largest absolute Gasteiger partial charge is 0.350 e. The number of aromatic nitrogens is 2. The van der Waals surface area contributed by atoms with Gasteiger partial charge in [0.15, 0.2) is 0 Å². The van der Waals surface area contributed by atoms with Crippen LogP contribution in [-0.4, -0.2) is 22.4 Å². The van der Waals surface area contributed by atoms with Crippen molar-refractivity contribution in [1.29, 1.82) is 0 Å². The molecule has 2 aromatic heterocycles. The van der Waals surface area contributed by atoms with E-state index >= 15 is 0 Å². The average Bonchev–Trinajstić information content (AvgIpc) is 2.48. The molecule has 0 aliphatic heterocycles. The molecule has 0 aliphatic rings. The van der Waals surface area contributed by atoms with E-state index in [2.05, 4.69) is 20.7 Å². The van der Waals surface area contributed by atoms with Crippen LogP contribution in [0.15, 0.2) is 42.9 Å². The number of nitrogens with one attached hydrogen (secondary N) is 2. The lowest BCUT2D eigenvalue weighted by Gasteiger charge is -2.05. The number of carbonyl (C=O) groups is 1. The van der Waals surface area contributed by atoms with Crippen molar-refractivity contribution in [2.75, 3.05) is 12.0 Å². The van der Waals surface area contributed by atoms with Crippen molar-refractivity contribution in [3.63, 3.8) is 0 Å². The Morgan fingerprint density at radius 2 is 2.00 bits per heavy atom. The minimum absolute atomic E-state index is 0.197. The molecule has 0 saturated carbocycles. The summed E-state index contributed by atoms with van der Waals surface area (Å²) in [6, 6.07) is 7.17. The predicted octanol–water partition coefficient (Wildman–Crippen LogP) is 0.735. The summed E-state index contributed by atoms with van der Waals surface area (Å²) in [5, 5.41) is 2.81. The molecular formula is C13H15N5O. The third kappa shape index (κ3) is 3.75. The lowest BCUT2D eigenvalue weighted by atomic mass is 10.2. The highest BCUT2D eigenvalue weighted by Gasteiger charge is 2.06. The standard InChI is InChI=1S/C13H15N5O/c14-18-11-1-2-12(17-9-11)13(19)16-8-5-10-3-6-15-7-4-10/h1-4,6-7,9,18H,5,8,14H2,(H,16,19). The molecule has 0 unspecified atom stereocenters. The molecule has 0 fully saturated rings. The first-order valence-electron chi connectivity index (χ1n) is 5.89. The number of hydrazine groups is 1. The number of nitrogens with zero attached hydrogens (tertiary/aromatic N) is 2. The van der Waals surface area contributed by atoms with Gasteiger partial charge in [-0.1, -0.05) is 0 Å². The SMILES string of the molecule is NNc1ccc(C(=O)NCCc2ccncc2)nc1. The van der Waals surface area contributed by atoms with Crippen LogP contribution in [0.5, 0.6) is 0 Å². The zero-order valence-electron chi connectivity index (χ0n) is 10.3. The summed E-state index contributed by atoms with van der Waals surface area (Å²) >= 11 is 0. The minimum Gasteiger partial charge on any atom is -0.350 e. The third-order valence-corrected chi connectivity index (χ3v) is 2.61. The van der Waals surface area contributed by atoms with Gasteiger partial charge in [-0.05, 0) is 36.2 Å². The third-order valence-electron chi connectivity index (χ3n) is 2.61. The number of nitrogen functional groups attached to an aromatic ring is 1. The van der Waals surface area contributed by atoms with Crippen LogP contribution in [0, 0.1) is 0 Å². The first-order valence-corrected chi connectivity index (χ1v) is 5.89. The van der Waals surface area contributed by atoms with Crippen LogP contribution in [0.2, 0.25) is 0 Å². The van der Waals surface area contributed by atoms with Crippen LogP contribution in [-0.2, 0) is 6.42 Å². The van der Waals surface area contributed by atoms with Crippen molar-refractivity contribution < 1.29 is 4.79 Å². The van der Waals surface area contributed by atoms with E-state index in [1.165, 1.54) is 6.20 Å². The highest BCUT2D eigenvalue weighted by Crippen LogP contribution is 2.04. The van der Waals surface area contributed by atoms with Gasteiger partial charge in [-0.2, -0.15) is 0 Å². The fourth-order valence-electron chi connectivity index (χ4n) is 1.57. The zero-order valence-corrected chi connectivity index (χ0v) is 10.3. The average molecular weight is 257 g/mol. The molecule has 0 aromatic carbocycles. The Morgan fingerprint density at radius 3 is 2.63 bits per heavy atom. The van der Waals surface area contributed by atoms with E-state index in [1.807, 2.05) is 12.1 Å². The van der Waals surface area contributed by atoms with Crippen LogP contribution < -0.4 is 16.6 Å². The molecule has 4 N–H and O–H groups in total. The molecule has 1 amide bonds. The smallest absolute Gasteiger partial charge is 0.269 e. The number of rotatable bonds is 5. The van der Waals surface area contributed by atoms with Gasteiger partial charge in [0, 0.05) is 18.9 Å². The van der Waals surface area contributed by atoms with E-state index in [0.717, 1.165) is 12.0 Å². The zero-order chi connectivity index (χ0) is 13.5. The maximum absolute atomic E-state index is 11.8. The van der Waals surface area contributed by atoms with Crippen LogP contribution in [0.4, 0.5) is 5.69 Å². The second-order valence-electron chi connectivity index (χ2n) is 3.94. The Morgan fingerprint density at radius 1 is 1.21 bits per heavy atom. The van der Waals surface area contributed by atoms with Crippen molar-refractivity contribution in [3.8, 4) is 0 Å². The highest BCUT2D eigenvalue weighted by atomic mass is 16.1. The van der Waals surface area contributed by atoms with E-state index in [4.69, 9.17) is 5.84 Å². The van der Waals surface area contributed by atoms with Crippen molar-refractivity contribution in [3.05, 3.63) is 54.1 Å². The summed E-state index contributed by atoms with van der Waals surface area (Å²) in [5.74, 6) is 5.03. The molecule has 19 heavy (non-hydrogen) atoms. The quantitative estimate of drug-likeness (QED) is 0.542. The number of hydrogen-bond donors (Lipinski definition) is 3. The first-order chi connectivity index (χ1) is 9.29. The number of nitrogens with two attached hydrogens (primary N) is 1. The van der Waals surface area contributed by atoms with Gasteiger partial charge in [-0.15, -0.1) is 0 Å². The molecule has 0 radical (unpaired) electrons. The summed E-state index contributed by atoms with van der Waals surface area (Å²) < 4.78 is 0. The van der Waals surface area contributed by atoms with Crippen molar-refractivity contribution >= 4 is 11.6 Å². The van der Waals surface area contributed by atoms with Gasteiger partial charge in [0.25, 0.3) is 5.91 Å². The summed E-state index contributed by atoms with van der Waals surface area (Å²) in [7, 11) is 0. The highest BCUT2D eigenvalue weighted by molar-refractivity contribution is 5.92. The number of anilines is 1. The summed E-state index contributed by atoms with van der Waals surface area (Å²) in [5.41, 5.74) is 4.62. The van der Waals surface area contributed by atoms with Gasteiger partial charge in [0.2, 0.25) is 0 Å². The topological polar surface area (TPSA) is 92.9 Å². The molecule has 2 aromatic rings. The normalized spacial score (nSPS) is 9.95. The fourth-order valence-corrected chi connectivity index (χ4v) is 1.57. The lowest BCUT2D eigenvalue weighted by Crippen LogP contribution is -2.26. The number of carbonyl (C=O) groups excluding carboxylic acids is 1. The molecule has 6 nitrogen and oxygen atoms in total. The maximum Gasteiger partial charge on any atom is 0.269 e. The van der Waals surface area contributed by atoms with E-state index in [0.29, 0.717) is 17.9 Å². The Hall–Kier alpha value is -2.47. The van der Waals surface area contributed by atoms with Gasteiger partial charge in [-0.3, -0.25) is 15.6 Å². The second kappa shape index (κ2) is 6.46. The summed E-state index contributed by atoms with van der Waals surface area (Å²) in [6.45, 7) is 0.557.